The van der Waals surface area contributed by atoms with E-state index in [1.54, 1.807) is 19.1 Å². The molecular weight excluding hydrogens is 329 g/mol. The van der Waals surface area contributed by atoms with E-state index in [2.05, 4.69) is 31.2 Å². The molecule has 0 saturated heterocycles. The highest BCUT2D eigenvalue weighted by Crippen LogP contribution is 2.19. The van der Waals surface area contributed by atoms with Crippen LogP contribution in [0.3, 0.4) is 0 Å². The topological polar surface area (TPSA) is 64.1 Å². The van der Waals surface area contributed by atoms with Crippen molar-refractivity contribution in [1.29, 1.82) is 0 Å². The molecule has 1 unspecified atom stereocenters. The highest BCUT2D eigenvalue weighted by atomic mass is 79.9. The van der Waals surface area contributed by atoms with Gasteiger partial charge in [-0.3, -0.25) is 4.79 Å². The Morgan fingerprint density at radius 1 is 1.30 bits per heavy atom. The van der Waals surface area contributed by atoms with Crippen molar-refractivity contribution in [2.24, 2.45) is 0 Å². The number of carbonyl (C=O) groups is 1. The molecule has 2 heterocycles. The number of ether oxygens (including phenoxy) is 1. The SMILES string of the molecule is CC(Br)C(=O)Nc1ccc(Oc2ccc(F)cn2)cn1. The van der Waals surface area contributed by atoms with Gasteiger partial charge in [0.1, 0.15) is 17.4 Å². The predicted octanol–water partition coefficient (Wildman–Crippen LogP) is 3.13. The number of hydrogen-bond donors (Lipinski definition) is 1. The minimum Gasteiger partial charge on any atom is -0.437 e. The van der Waals surface area contributed by atoms with Crippen molar-refractivity contribution in [1.82, 2.24) is 9.97 Å². The van der Waals surface area contributed by atoms with E-state index in [-0.39, 0.29) is 16.6 Å². The second-order valence-electron chi connectivity index (χ2n) is 3.90. The van der Waals surface area contributed by atoms with Crippen molar-refractivity contribution < 1.29 is 13.9 Å². The zero-order valence-corrected chi connectivity index (χ0v) is 12.1. The average molecular weight is 340 g/mol. The van der Waals surface area contributed by atoms with E-state index in [1.165, 1.54) is 18.3 Å². The summed E-state index contributed by atoms with van der Waals surface area (Å²) < 4.78 is 18.1. The summed E-state index contributed by atoms with van der Waals surface area (Å²) in [5, 5.41) is 2.62. The van der Waals surface area contributed by atoms with Crippen LogP contribution in [0.5, 0.6) is 11.6 Å². The maximum absolute atomic E-state index is 12.7. The first kappa shape index (κ1) is 14.4. The zero-order chi connectivity index (χ0) is 14.5. The third-order valence-corrected chi connectivity index (χ3v) is 2.69. The van der Waals surface area contributed by atoms with Crippen LogP contribution in [0.15, 0.2) is 36.7 Å². The standard InChI is InChI=1S/C13H11BrFN3O2/c1-8(14)13(19)18-11-4-3-10(7-16-11)20-12-5-2-9(15)6-17-12/h2-8H,1H3,(H,16,18,19). The lowest BCUT2D eigenvalue weighted by atomic mass is 10.4. The molecule has 0 bridgehead atoms. The fraction of sp³-hybridized carbons (Fsp3) is 0.154. The monoisotopic (exact) mass is 339 g/mol. The fourth-order valence-electron chi connectivity index (χ4n) is 1.28. The number of amides is 1. The van der Waals surface area contributed by atoms with Gasteiger partial charge in [-0.05, 0) is 25.1 Å². The summed E-state index contributed by atoms with van der Waals surface area (Å²) in [5.41, 5.74) is 0. The summed E-state index contributed by atoms with van der Waals surface area (Å²) >= 11 is 3.16. The molecular formula is C13H11BrFN3O2. The summed E-state index contributed by atoms with van der Waals surface area (Å²) in [6.45, 7) is 1.72. The maximum Gasteiger partial charge on any atom is 0.239 e. The Morgan fingerprint density at radius 2 is 2.10 bits per heavy atom. The van der Waals surface area contributed by atoms with Gasteiger partial charge in [0, 0.05) is 6.07 Å². The van der Waals surface area contributed by atoms with Crippen molar-refractivity contribution in [3.05, 3.63) is 42.5 Å². The number of rotatable bonds is 4. The van der Waals surface area contributed by atoms with Crippen LogP contribution in [0.2, 0.25) is 0 Å². The largest absolute Gasteiger partial charge is 0.437 e. The first-order valence-electron chi connectivity index (χ1n) is 5.75. The van der Waals surface area contributed by atoms with E-state index in [4.69, 9.17) is 4.74 Å². The molecule has 20 heavy (non-hydrogen) atoms. The lowest BCUT2D eigenvalue weighted by Crippen LogP contribution is -2.20. The van der Waals surface area contributed by atoms with E-state index in [1.807, 2.05) is 0 Å². The molecule has 5 nitrogen and oxygen atoms in total. The van der Waals surface area contributed by atoms with Gasteiger partial charge in [-0.25, -0.2) is 14.4 Å². The van der Waals surface area contributed by atoms with Crippen LogP contribution in [-0.4, -0.2) is 20.7 Å². The van der Waals surface area contributed by atoms with E-state index >= 15 is 0 Å². The first-order valence-corrected chi connectivity index (χ1v) is 6.66. The molecule has 0 aliphatic rings. The molecule has 0 aliphatic heterocycles. The van der Waals surface area contributed by atoms with Gasteiger partial charge in [0.15, 0.2) is 0 Å². The Hall–Kier alpha value is -2.02. The van der Waals surface area contributed by atoms with Crippen molar-refractivity contribution in [2.75, 3.05) is 5.32 Å². The number of anilines is 1. The lowest BCUT2D eigenvalue weighted by molar-refractivity contribution is -0.115. The number of aromatic nitrogens is 2. The van der Waals surface area contributed by atoms with E-state index in [0.717, 1.165) is 6.20 Å². The number of pyridine rings is 2. The van der Waals surface area contributed by atoms with Crippen LogP contribution in [-0.2, 0) is 4.79 Å². The quantitative estimate of drug-likeness (QED) is 0.869. The van der Waals surface area contributed by atoms with Crippen molar-refractivity contribution in [2.45, 2.75) is 11.8 Å². The molecule has 2 rings (SSSR count). The smallest absolute Gasteiger partial charge is 0.239 e. The number of alkyl halides is 1. The fourth-order valence-corrected chi connectivity index (χ4v) is 1.40. The molecule has 104 valence electrons. The van der Waals surface area contributed by atoms with Gasteiger partial charge >= 0.3 is 0 Å². The Kier molecular flexibility index (Phi) is 4.62. The molecule has 7 heteroatoms. The van der Waals surface area contributed by atoms with Crippen molar-refractivity contribution in [3.8, 4) is 11.6 Å². The number of nitrogens with one attached hydrogen (secondary N) is 1. The van der Waals surface area contributed by atoms with Crippen molar-refractivity contribution in [3.63, 3.8) is 0 Å². The average Bonchev–Trinajstić information content (AvgIpc) is 2.43. The minimum atomic E-state index is -0.433. The number of halogens is 2. The minimum absolute atomic E-state index is 0.189. The van der Waals surface area contributed by atoms with Gasteiger partial charge in [0.2, 0.25) is 11.8 Å². The molecule has 2 aromatic heterocycles. The van der Waals surface area contributed by atoms with Gasteiger partial charge in [-0.15, -0.1) is 0 Å². The molecule has 0 aromatic carbocycles. The maximum atomic E-state index is 12.7. The summed E-state index contributed by atoms with van der Waals surface area (Å²) in [4.78, 5) is 18.9. The third-order valence-electron chi connectivity index (χ3n) is 2.27. The second kappa shape index (κ2) is 6.42. The van der Waals surface area contributed by atoms with Gasteiger partial charge in [0.25, 0.3) is 0 Å². The molecule has 1 N–H and O–H groups in total. The zero-order valence-electron chi connectivity index (χ0n) is 10.5. The highest BCUT2D eigenvalue weighted by Gasteiger charge is 2.09. The van der Waals surface area contributed by atoms with Gasteiger partial charge in [-0.1, -0.05) is 15.9 Å². The van der Waals surface area contributed by atoms with Gasteiger partial charge < -0.3 is 10.1 Å². The Bertz CT molecular complexity index is 588. The molecule has 0 aliphatic carbocycles. The molecule has 0 saturated carbocycles. The second-order valence-corrected chi connectivity index (χ2v) is 5.27. The van der Waals surface area contributed by atoms with Gasteiger partial charge in [0.05, 0.1) is 17.2 Å². The number of hydrogen-bond acceptors (Lipinski definition) is 4. The molecule has 1 amide bonds. The molecule has 1 atom stereocenters. The van der Waals surface area contributed by atoms with Gasteiger partial charge in [-0.2, -0.15) is 0 Å². The van der Waals surface area contributed by atoms with E-state index in [0.29, 0.717) is 11.6 Å². The molecule has 0 spiro atoms. The van der Waals surface area contributed by atoms with Crippen LogP contribution < -0.4 is 10.1 Å². The summed E-state index contributed by atoms with van der Waals surface area (Å²) in [7, 11) is 0. The molecule has 0 radical (unpaired) electrons. The summed E-state index contributed by atoms with van der Waals surface area (Å²) in [6.07, 6.45) is 2.51. The first-order chi connectivity index (χ1) is 9.54. The summed E-state index contributed by atoms with van der Waals surface area (Å²) in [6, 6.07) is 5.90. The summed E-state index contributed by atoms with van der Waals surface area (Å²) in [5.74, 6) is 0.498. The number of nitrogens with zero attached hydrogens (tertiary/aromatic N) is 2. The lowest BCUT2D eigenvalue weighted by Gasteiger charge is -2.07. The predicted molar refractivity (Wildman–Crippen MR) is 75.5 cm³/mol. The van der Waals surface area contributed by atoms with Crippen LogP contribution in [0.4, 0.5) is 10.2 Å². The Labute approximate surface area is 123 Å². The molecule has 2 aromatic rings. The normalized spacial score (nSPS) is 11.8. The third kappa shape index (κ3) is 3.99. The van der Waals surface area contributed by atoms with E-state index in [9.17, 15) is 9.18 Å². The van der Waals surface area contributed by atoms with Crippen LogP contribution >= 0.6 is 15.9 Å². The highest BCUT2D eigenvalue weighted by molar-refractivity contribution is 9.10. The number of carbonyl (C=O) groups excluding carboxylic acids is 1. The Morgan fingerprint density at radius 3 is 2.65 bits per heavy atom. The molecule has 0 fully saturated rings. The Balaban J connectivity index is 2.01. The van der Waals surface area contributed by atoms with Crippen LogP contribution in [0.25, 0.3) is 0 Å². The van der Waals surface area contributed by atoms with Crippen molar-refractivity contribution >= 4 is 27.7 Å². The van der Waals surface area contributed by atoms with E-state index < -0.39 is 5.82 Å². The van der Waals surface area contributed by atoms with Crippen LogP contribution in [0.1, 0.15) is 6.92 Å². The van der Waals surface area contributed by atoms with Crippen LogP contribution in [0, 0.1) is 5.82 Å².